The molecule has 12 heteroatoms. The Balaban J connectivity index is 2.68. The van der Waals surface area contributed by atoms with Crippen LogP contribution in [0.4, 0.5) is 0 Å². The van der Waals surface area contributed by atoms with Crippen LogP contribution in [0.25, 0.3) is 0 Å². The van der Waals surface area contributed by atoms with Crippen molar-refractivity contribution in [3.8, 4) is 0 Å². The van der Waals surface area contributed by atoms with Gasteiger partial charge in [0.2, 0.25) is 0 Å². The van der Waals surface area contributed by atoms with Crippen molar-refractivity contribution < 1.29 is 58.2 Å². The Bertz CT molecular complexity index is 1860. The van der Waals surface area contributed by atoms with E-state index in [-0.39, 0.29) is 25.9 Å². The molecular formula is C71H116O12. The number of ether oxygens (including phenoxy) is 5. The van der Waals surface area contributed by atoms with Crippen molar-refractivity contribution in [3.05, 3.63) is 109 Å². The van der Waals surface area contributed by atoms with Gasteiger partial charge in [-0.25, -0.2) is 4.79 Å². The molecule has 6 atom stereocenters. The number of unbranched alkanes of at least 4 members (excludes halogenated alkanes) is 23. The molecule has 3 N–H and O–H groups in total. The minimum Gasteiger partial charge on any atom is -0.479 e. The molecule has 0 amide bonds. The Morgan fingerprint density at radius 3 is 1.18 bits per heavy atom. The summed E-state index contributed by atoms with van der Waals surface area (Å²) in [6.45, 7) is 5.76. The zero-order chi connectivity index (χ0) is 60.3. The number of esters is 3. The van der Waals surface area contributed by atoms with Crippen molar-refractivity contribution in [2.75, 3.05) is 13.2 Å². The van der Waals surface area contributed by atoms with Gasteiger partial charge in [0.1, 0.15) is 18.8 Å². The number of aliphatic carboxylic acids is 1. The highest BCUT2D eigenvalue weighted by molar-refractivity contribution is 5.74. The van der Waals surface area contributed by atoms with Crippen LogP contribution >= 0.6 is 0 Å². The SMILES string of the molecule is CC/C=C\C/C=C\C/C=C\C/C=C\C/C=C\CCCCCC(=O)OC1C(OCC(COC(=O)CCCCCCCCCCC/C=C\CCCCCCCC)OC(=O)CCCCCCC/C=C\C/C=C\C/C=C\CC)OC(C(=O)O)C(O)C1O. The maximum atomic E-state index is 13.2. The van der Waals surface area contributed by atoms with Crippen molar-refractivity contribution in [2.45, 2.75) is 302 Å². The lowest BCUT2D eigenvalue weighted by molar-refractivity contribution is -0.301. The summed E-state index contributed by atoms with van der Waals surface area (Å²) >= 11 is 0. The molecule has 1 aliphatic rings. The van der Waals surface area contributed by atoms with Crippen LogP contribution in [0.15, 0.2) is 109 Å². The van der Waals surface area contributed by atoms with Crippen LogP contribution in [-0.4, -0.2) is 89.2 Å². The summed E-state index contributed by atoms with van der Waals surface area (Å²) in [6, 6.07) is 0. The van der Waals surface area contributed by atoms with Gasteiger partial charge in [0.25, 0.3) is 0 Å². The monoisotopic (exact) mass is 1160 g/mol. The van der Waals surface area contributed by atoms with Crippen molar-refractivity contribution in [1.29, 1.82) is 0 Å². The number of hydrogen-bond donors (Lipinski definition) is 3. The number of aliphatic hydroxyl groups excluding tert-OH is 2. The van der Waals surface area contributed by atoms with E-state index in [4.69, 9.17) is 23.7 Å². The summed E-state index contributed by atoms with van der Waals surface area (Å²) in [5.74, 6) is -3.19. The summed E-state index contributed by atoms with van der Waals surface area (Å²) in [5, 5.41) is 31.6. The second kappa shape index (κ2) is 57.8. The highest BCUT2D eigenvalue weighted by Crippen LogP contribution is 2.26. The molecule has 1 saturated heterocycles. The highest BCUT2D eigenvalue weighted by atomic mass is 16.7. The van der Waals surface area contributed by atoms with Crippen LogP contribution in [0, 0.1) is 0 Å². The van der Waals surface area contributed by atoms with Crippen molar-refractivity contribution >= 4 is 23.9 Å². The Morgan fingerprint density at radius 1 is 0.410 bits per heavy atom. The van der Waals surface area contributed by atoms with Gasteiger partial charge in [-0.05, 0) is 122 Å². The summed E-state index contributed by atoms with van der Waals surface area (Å²) < 4.78 is 28.5. The zero-order valence-electron chi connectivity index (χ0n) is 52.2. The van der Waals surface area contributed by atoms with Crippen LogP contribution in [-0.2, 0) is 42.9 Å². The first-order valence-electron chi connectivity index (χ1n) is 32.9. The van der Waals surface area contributed by atoms with Gasteiger partial charge in [-0.2, -0.15) is 0 Å². The Labute approximate surface area is 504 Å². The van der Waals surface area contributed by atoms with E-state index in [0.29, 0.717) is 19.3 Å². The van der Waals surface area contributed by atoms with Crippen LogP contribution < -0.4 is 0 Å². The van der Waals surface area contributed by atoms with Gasteiger partial charge in [0.15, 0.2) is 24.6 Å². The number of carbonyl (C=O) groups excluding carboxylic acids is 3. The van der Waals surface area contributed by atoms with Gasteiger partial charge >= 0.3 is 23.9 Å². The predicted molar refractivity (Wildman–Crippen MR) is 340 cm³/mol. The fraction of sp³-hybridized carbons (Fsp3) is 0.690. The topological polar surface area (TPSA) is 175 Å². The van der Waals surface area contributed by atoms with E-state index < -0.39 is 67.3 Å². The van der Waals surface area contributed by atoms with Gasteiger partial charge in [-0.3, -0.25) is 14.4 Å². The summed E-state index contributed by atoms with van der Waals surface area (Å²) in [7, 11) is 0. The first kappa shape index (κ1) is 76.4. The van der Waals surface area contributed by atoms with Crippen molar-refractivity contribution in [1.82, 2.24) is 0 Å². The largest absolute Gasteiger partial charge is 0.479 e. The van der Waals surface area contributed by atoms with E-state index in [1.165, 1.54) is 83.5 Å². The third kappa shape index (κ3) is 47.3. The predicted octanol–water partition coefficient (Wildman–Crippen LogP) is 17.8. The second-order valence-electron chi connectivity index (χ2n) is 22.0. The van der Waals surface area contributed by atoms with Gasteiger partial charge in [-0.15, -0.1) is 0 Å². The molecule has 0 aliphatic carbocycles. The van der Waals surface area contributed by atoms with E-state index >= 15 is 0 Å². The molecule has 0 saturated carbocycles. The lowest BCUT2D eigenvalue weighted by Crippen LogP contribution is -2.61. The molecule has 0 spiro atoms. The van der Waals surface area contributed by atoms with Crippen LogP contribution in [0.2, 0.25) is 0 Å². The first-order chi connectivity index (χ1) is 40.6. The summed E-state index contributed by atoms with van der Waals surface area (Å²) in [6.07, 6.45) is 66.1. The number of aliphatic hydroxyl groups is 2. The smallest absolute Gasteiger partial charge is 0.335 e. The molecule has 0 bridgehead atoms. The lowest BCUT2D eigenvalue weighted by Gasteiger charge is -2.40. The number of carboxylic acid groups (broad SMARTS) is 1. The van der Waals surface area contributed by atoms with Crippen LogP contribution in [0.3, 0.4) is 0 Å². The van der Waals surface area contributed by atoms with Crippen LogP contribution in [0.5, 0.6) is 0 Å². The maximum absolute atomic E-state index is 13.2. The molecule has 12 nitrogen and oxygen atoms in total. The number of hydrogen-bond acceptors (Lipinski definition) is 11. The molecule has 1 fully saturated rings. The van der Waals surface area contributed by atoms with Crippen molar-refractivity contribution in [3.63, 3.8) is 0 Å². The molecule has 472 valence electrons. The van der Waals surface area contributed by atoms with E-state index in [0.717, 1.165) is 122 Å². The molecule has 0 aromatic rings. The zero-order valence-corrected chi connectivity index (χ0v) is 52.2. The van der Waals surface area contributed by atoms with E-state index in [1.807, 2.05) is 0 Å². The maximum Gasteiger partial charge on any atom is 0.335 e. The van der Waals surface area contributed by atoms with Gasteiger partial charge in [-0.1, -0.05) is 233 Å². The number of allylic oxidation sites excluding steroid dienone is 18. The number of carbonyl (C=O) groups is 4. The van der Waals surface area contributed by atoms with Gasteiger partial charge < -0.3 is 39.0 Å². The molecule has 0 aromatic heterocycles. The molecule has 0 radical (unpaired) electrons. The molecule has 6 unspecified atom stereocenters. The van der Waals surface area contributed by atoms with E-state index in [9.17, 15) is 34.5 Å². The van der Waals surface area contributed by atoms with E-state index in [1.54, 1.807) is 0 Å². The highest BCUT2D eigenvalue weighted by Gasteiger charge is 2.50. The Hall–Kier alpha value is -4.62. The van der Waals surface area contributed by atoms with Gasteiger partial charge in [0, 0.05) is 19.3 Å². The Morgan fingerprint density at radius 2 is 0.759 bits per heavy atom. The minimum atomic E-state index is -1.92. The number of rotatable bonds is 55. The molecule has 1 aliphatic heterocycles. The molecular weight excluding hydrogens is 1040 g/mol. The fourth-order valence-electron chi connectivity index (χ4n) is 9.34. The number of carboxylic acids is 1. The molecule has 0 aromatic carbocycles. The third-order valence-corrected chi connectivity index (χ3v) is 14.3. The summed E-state index contributed by atoms with van der Waals surface area (Å²) in [5.41, 5.74) is 0. The standard InChI is InChI=1S/C71H116O12/c1-4-7-10-13-16-19-22-25-28-30-32-34-37-39-42-45-48-51-54-57-63(72)79-60-62(81-64(73)58-55-52-49-46-43-40-36-27-24-21-18-15-12-9-6-3)61-80-71-69(67(76)66(75)68(83-71)70(77)78)82-65(74)59-56-53-50-47-44-41-38-35-33-31-29-26-23-20-17-14-11-8-5-2/h8-9,11-12,17-18,20-21,25-29,33,35-36,41,44,62,66-69,71,75-76H,4-7,10,13-16,19,22-24,30-32,34,37-40,42-43,45-61H2,1-3H3,(H,77,78)/b11-8-,12-9-,20-17-,21-18-,28-25-,29-26-,35-33-,36-27-,44-41-. The summed E-state index contributed by atoms with van der Waals surface area (Å²) in [4.78, 5) is 51.4. The average molecular weight is 1160 g/mol. The quantitative estimate of drug-likeness (QED) is 0.0228. The van der Waals surface area contributed by atoms with Crippen LogP contribution in [0.1, 0.15) is 265 Å². The second-order valence-corrected chi connectivity index (χ2v) is 22.0. The normalized spacial score (nSPS) is 18.3. The third-order valence-electron chi connectivity index (χ3n) is 14.3. The lowest BCUT2D eigenvalue weighted by atomic mass is 9.98. The van der Waals surface area contributed by atoms with Gasteiger partial charge in [0.05, 0.1) is 6.61 Å². The molecule has 1 heterocycles. The minimum absolute atomic E-state index is 0.0143. The molecule has 1 rings (SSSR count). The van der Waals surface area contributed by atoms with E-state index in [2.05, 4.69) is 130 Å². The molecule has 83 heavy (non-hydrogen) atoms. The Kier molecular flexibility index (Phi) is 53.2. The first-order valence-corrected chi connectivity index (χ1v) is 32.9. The average Bonchev–Trinajstić information content (AvgIpc) is 3.60. The van der Waals surface area contributed by atoms with Crippen molar-refractivity contribution in [2.24, 2.45) is 0 Å². The fourth-order valence-corrected chi connectivity index (χ4v) is 9.34.